The summed E-state index contributed by atoms with van der Waals surface area (Å²) >= 11 is 0. The summed E-state index contributed by atoms with van der Waals surface area (Å²) in [5.41, 5.74) is 0. The largest absolute Gasteiger partial charge is 0.450 e. The lowest BCUT2D eigenvalue weighted by Gasteiger charge is -2.31. The zero-order valence-corrected chi connectivity index (χ0v) is 8.70. The van der Waals surface area contributed by atoms with Gasteiger partial charge in [0.1, 0.15) is 13.2 Å². The number of halogens is 8. The third-order valence-electron chi connectivity index (χ3n) is 1.86. The molecule has 1 N–H and O–H groups in total. The van der Waals surface area contributed by atoms with Gasteiger partial charge in [0.25, 0.3) is 0 Å². The first kappa shape index (κ1) is 17.3. The van der Waals surface area contributed by atoms with Crippen molar-refractivity contribution in [2.24, 2.45) is 0 Å². The minimum Gasteiger partial charge on any atom is -0.390 e. The van der Waals surface area contributed by atoms with Crippen molar-refractivity contribution in [3.8, 4) is 0 Å². The van der Waals surface area contributed by atoms with E-state index in [2.05, 4.69) is 9.47 Å². The van der Waals surface area contributed by atoms with Crippen molar-refractivity contribution < 1.29 is 49.7 Å². The van der Waals surface area contributed by atoms with Gasteiger partial charge < -0.3 is 14.6 Å². The fraction of sp³-hybridized carbons (Fsp3) is 1.00. The lowest BCUT2D eigenvalue weighted by atomic mass is 10.3. The summed E-state index contributed by atoms with van der Waals surface area (Å²) in [6.07, 6.45) is -11.6. The number of alkyl halides is 8. The summed E-state index contributed by atoms with van der Waals surface area (Å²) in [5, 5.41) is 8.13. The van der Waals surface area contributed by atoms with Gasteiger partial charge in [0, 0.05) is 7.11 Å². The molecule has 0 aliphatic rings. The number of aliphatic hydroxyl groups is 1. The van der Waals surface area contributed by atoms with Crippen molar-refractivity contribution >= 4 is 0 Å². The molecular weight excluding hydrogens is 284 g/mol. The molecule has 0 saturated carbocycles. The van der Waals surface area contributed by atoms with Gasteiger partial charge in [-0.15, -0.1) is 0 Å². The van der Waals surface area contributed by atoms with Crippen molar-refractivity contribution in [3.05, 3.63) is 0 Å². The highest BCUT2D eigenvalue weighted by atomic mass is 19.4. The molecule has 0 saturated heterocycles. The van der Waals surface area contributed by atoms with Gasteiger partial charge >= 0.3 is 24.1 Å². The molecule has 0 amide bonds. The van der Waals surface area contributed by atoms with Gasteiger partial charge in [0.15, 0.2) is 0 Å². The van der Waals surface area contributed by atoms with Crippen LogP contribution < -0.4 is 0 Å². The molecule has 0 heterocycles. The van der Waals surface area contributed by atoms with E-state index in [-0.39, 0.29) is 7.11 Å². The quantitative estimate of drug-likeness (QED) is 0.789. The standard InChI is InChI=1S/C7H8F8O3/c1-17-5(9,7(13,14)15)3-18-4(8,2-16)6(10,11)12/h16H,2-3H2,1H3. The Morgan fingerprint density at radius 1 is 0.833 bits per heavy atom. The van der Waals surface area contributed by atoms with E-state index in [0.29, 0.717) is 0 Å². The molecule has 3 nitrogen and oxygen atoms in total. The zero-order valence-electron chi connectivity index (χ0n) is 8.70. The van der Waals surface area contributed by atoms with E-state index in [1.807, 2.05) is 0 Å². The van der Waals surface area contributed by atoms with Crippen LogP contribution in [-0.2, 0) is 9.47 Å². The Morgan fingerprint density at radius 2 is 1.22 bits per heavy atom. The highest BCUT2D eigenvalue weighted by Gasteiger charge is 2.63. The van der Waals surface area contributed by atoms with Crippen LogP contribution in [0.1, 0.15) is 0 Å². The van der Waals surface area contributed by atoms with Gasteiger partial charge in [-0.3, -0.25) is 0 Å². The molecule has 0 aromatic carbocycles. The predicted molar refractivity (Wildman–Crippen MR) is 39.8 cm³/mol. The number of rotatable bonds is 5. The summed E-state index contributed by atoms with van der Waals surface area (Å²) in [7, 11) is 0.212. The van der Waals surface area contributed by atoms with Crippen LogP contribution in [0.15, 0.2) is 0 Å². The highest BCUT2D eigenvalue weighted by molar-refractivity contribution is 4.82. The van der Waals surface area contributed by atoms with E-state index in [1.165, 1.54) is 0 Å². The average molecular weight is 292 g/mol. The van der Waals surface area contributed by atoms with E-state index >= 15 is 0 Å². The monoisotopic (exact) mass is 292 g/mol. The molecule has 0 radical (unpaired) electrons. The van der Waals surface area contributed by atoms with Gasteiger partial charge in [-0.05, 0) is 0 Å². The number of hydrogen-bond donors (Lipinski definition) is 1. The molecule has 0 bridgehead atoms. The van der Waals surface area contributed by atoms with Crippen LogP contribution in [0.2, 0.25) is 0 Å². The molecule has 0 aromatic heterocycles. The van der Waals surface area contributed by atoms with Crippen molar-refractivity contribution in [2.45, 2.75) is 24.1 Å². The van der Waals surface area contributed by atoms with Crippen molar-refractivity contribution in [3.63, 3.8) is 0 Å². The molecule has 18 heavy (non-hydrogen) atoms. The van der Waals surface area contributed by atoms with Crippen molar-refractivity contribution in [2.75, 3.05) is 20.3 Å². The van der Waals surface area contributed by atoms with Crippen LogP contribution in [0, 0.1) is 0 Å². The van der Waals surface area contributed by atoms with Gasteiger partial charge in [-0.1, -0.05) is 0 Å². The second-order valence-corrected chi connectivity index (χ2v) is 3.10. The Kier molecular flexibility index (Phi) is 4.94. The maximum absolute atomic E-state index is 13.0. The van der Waals surface area contributed by atoms with E-state index in [1.54, 1.807) is 0 Å². The second kappa shape index (κ2) is 5.13. The van der Waals surface area contributed by atoms with Gasteiger partial charge in [-0.25, -0.2) is 0 Å². The topological polar surface area (TPSA) is 38.7 Å². The molecule has 2 atom stereocenters. The first-order chi connectivity index (χ1) is 7.83. The predicted octanol–water partition coefficient (Wildman–Crippen LogP) is 2.10. The second-order valence-electron chi connectivity index (χ2n) is 3.10. The third kappa shape index (κ3) is 3.42. The lowest BCUT2D eigenvalue weighted by Crippen LogP contribution is -2.53. The fourth-order valence-electron chi connectivity index (χ4n) is 0.681. The Bertz CT molecular complexity index is 249. The molecule has 0 spiro atoms. The normalized spacial score (nSPS) is 20.3. The number of ether oxygens (including phenoxy) is 2. The van der Waals surface area contributed by atoms with Crippen LogP contribution in [0.4, 0.5) is 35.1 Å². The Morgan fingerprint density at radius 3 is 1.44 bits per heavy atom. The van der Waals surface area contributed by atoms with E-state index in [4.69, 9.17) is 5.11 Å². The molecule has 0 aliphatic carbocycles. The van der Waals surface area contributed by atoms with Crippen LogP contribution in [0.5, 0.6) is 0 Å². The Labute approximate surface area is 95.3 Å². The number of methoxy groups -OCH3 is 1. The van der Waals surface area contributed by atoms with Crippen molar-refractivity contribution in [1.29, 1.82) is 0 Å². The van der Waals surface area contributed by atoms with Crippen molar-refractivity contribution in [1.82, 2.24) is 0 Å². The van der Waals surface area contributed by atoms with E-state index < -0.39 is 37.3 Å². The van der Waals surface area contributed by atoms with Crippen LogP contribution >= 0.6 is 0 Å². The summed E-state index contributed by atoms with van der Waals surface area (Å²) in [5.74, 6) is -9.43. The van der Waals surface area contributed by atoms with Crippen LogP contribution in [0.25, 0.3) is 0 Å². The molecule has 11 heteroatoms. The van der Waals surface area contributed by atoms with Gasteiger partial charge in [-0.2, -0.15) is 35.1 Å². The molecule has 0 rings (SSSR count). The molecule has 2 unspecified atom stereocenters. The number of hydrogen-bond acceptors (Lipinski definition) is 3. The maximum atomic E-state index is 13.0. The average Bonchev–Trinajstić information content (AvgIpc) is 2.22. The molecule has 0 aliphatic heterocycles. The first-order valence-electron chi connectivity index (χ1n) is 4.14. The van der Waals surface area contributed by atoms with Crippen LogP contribution in [-0.4, -0.2) is 49.5 Å². The maximum Gasteiger partial charge on any atom is 0.450 e. The zero-order chi connectivity index (χ0) is 14.8. The molecule has 0 fully saturated rings. The smallest absolute Gasteiger partial charge is 0.390 e. The van der Waals surface area contributed by atoms with E-state index in [0.717, 1.165) is 0 Å². The molecule has 110 valence electrons. The summed E-state index contributed by atoms with van der Waals surface area (Å²) in [4.78, 5) is 0. The lowest BCUT2D eigenvalue weighted by molar-refractivity contribution is -0.389. The summed E-state index contributed by atoms with van der Waals surface area (Å²) in [6, 6.07) is 0. The van der Waals surface area contributed by atoms with Gasteiger partial charge in [0.2, 0.25) is 0 Å². The van der Waals surface area contributed by atoms with Gasteiger partial charge in [0.05, 0.1) is 0 Å². The SMILES string of the molecule is COC(F)(COC(F)(CO)C(F)(F)F)C(F)(F)F. The minimum atomic E-state index is -5.83. The minimum absolute atomic E-state index is 0.212. The number of aliphatic hydroxyl groups excluding tert-OH is 1. The third-order valence-corrected chi connectivity index (χ3v) is 1.86. The Balaban J connectivity index is 4.93. The van der Waals surface area contributed by atoms with E-state index in [9.17, 15) is 35.1 Å². The van der Waals surface area contributed by atoms with Crippen LogP contribution in [0.3, 0.4) is 0 Å². The molecular formula is C7H8F8O3. The first-order valence-corrected chi connectivity index (χ1v) is 4.14. The summed E-state index contributed by atoms with van der Waals surface area (Å²) < 4.78 is 104. The fourth-order valence-corrected chi connectivity index (χ4v) is 0.681. The summed E-state index contributed by atoms with van der Waals surface area (Å²) in [6.45, 7) is -4.75. The molecule has 0 aromatic rings. The Hall–Kier alpha value is -0.680. The highest BCUT2D eigenvalue weighted by Crippen LogP contribution is 2.39.